The van der Waals surface area contributed by atoms with E-state index >= 15 is 0 Å². The molecule has 0 saturated carbocycles. The Morgan fingerprint density at radius 1 is 0.500 bits per heavy atom. The van der Waals surface area contributed by atoms with Crippen molar-refractivity contribution in [1.29, 1.82) is 0 Å². The fourth-order valence-electron chi connectivity index (χ4n) is 3.92. The van der Waals surface area contributed by atoms with Crippen molar-refractivity contribution in [3.8, 4) is 5.75 Å². The second kappa shape index (κ2) is 10.3. The molecular formula is C28H32N2O2Si2. The highest BCUT2D eigenvalue weighted by atomic mass is 28.4. The zero-order valence-electron chi connectivity index (χ0n) is 20.2. The highest BCUT2D eigenvalue weighted by Crippen LogP contribution is 2.24. The Hall–Kier alpha value is -3.33. The Morgan fingerprint density at radius 3 is 1.38 bits per heavy atom. The van der Waals surface area contributed by atoms with Gasteiger partial charge in [-0.25, -0.2) is 0 Å². The minimum atomic E-state index is -2.40. The van der Waals surface area contributed by atoms with E-state index in [1.165, 1.54) is 5.19 Å². The van der Waals surface area contributed by atoms with Crippen molar-refractivity contribution < 1.29 is 8.54 Å². The van der Waals surface area contributed by atoms with Crippen LogP contribution in [0, 0.1) is 0 Å². The first kappa shape index (κ1) is 23.8. The van der Waals surface area contributed by atoms with E-state index < -0.39 is 16.9 Å². The Balaban J connectivity index is 1.37. The zero-order valence-corrected chi connectivity index (χ0v) is 22.2. The van der Waals surface area contributed by atoms with Crippen LogP contribution in [0.3, 0.4) is 0 Å². The maximum atomic E-state index is 6.72. The second-order valence-electron chi connectivity index (χ2n) is 9.20. The van der Waals surface area contributed by atoms with Crippen molar-refractivity contribution >= 4 is 44.8 Å². The summed E-state index contributed by atoms with van der Waals surface area (Å²) in [6.07, 6.45) is 0. The topological polar surface area (TPSA) is 42.5 Å². The fourth-order valence-corrected chi connectivity index (χ4v) is 11.1. The summed E-state index contributed by atoms with van der Waals surface area (Å²) < 4.78 is 13.1. The minimum absolute atomic E-state index is 0.836. The van der Waals surface area contributed by atoms with Crippen LogP contribution in [0.4, 0.5) is 22.7 Å². The van der Waals surface area contributed by atoms with Crippen molar-refractivity contribution in [3.63, 3.8) is 0 Å². The number of hydrogen-bond donors (Lipinski definition) is 2. The standard InChI is InChI=1S/C28H32N2O2Si2/c1-33(2,28-21-17-26(18-22-28)30-24-13-9-6-10-14-24)32-34(3,4)31-27-19-15-25(16-20-27)29-23-11-7-5-8-12-23/h5-22,29-30H,1-4H3. The molecular weight excluding hydrogens is 452 g/mol. The van der Waals surface area contributed by atoms with Gasteiger partial charge < -0.3 is 19.2 Å². The first-order valence-electron chi connectivity index (χ1n) is 11.5. The molecule has 174 valence electrons. The van der Waals surface area contributed by atoms with E-state index in [-0.39, 0.29) is 0 Å². The normalized spacial score (nSPS) is 11.6. The monoisotopic (exact) mass is 484 g/mol. The summed E-state index contributed by atoms with van der Waals surface area (Å²) in [5.74, 6) is 0.836. The predicted octanol–water partition coefficient (Wildman–Crippen LogP) is 7.38. The van der Waals surface area contributed by atoms with E-state index in [4.69, 9.17) is 8.54 Å². The molecule has 0 radical (unpaired) electrons. The highest BCUT2D eigenvalue weighted by molar-refractivity contribution is 6.91. The lowest BCUT2D eigenvalue weighted by Crippen LogP contribution is -2.55. The molecule has 4 nitrogen and oxygen atoms in total. The van der Waals surface area contributed by atoms with E-state index in [1.54, 1.807) is 0 Å². The largest absolute Gasteiger partial charge is 0.521 e. The third-order valence-corrected chi connectivity index (χ3v) is 11.9. The molecule has 0 saturated heterocycles. The molecule has 0 aliphatic carbocycles. The molecule has 0 spiro atoms. The molecule has 0 aliphatic rings. The molecule has 0 heterocycles. The first-order valence-corrected chi connectivity index (χ1v) is 17.3. The summed E-state index contributed by atoms with van der Waals surface area (Å²) in [7, 11) is -4.55. The van der Waals surface area contributed by atoms with Crippen LogP contribution in [0.25, 0.3) is 0 Å². The Kier molecular flexibility index (Phi) is 7.21. The molecule has 6 heteroatoms. The van der Waals surface area contributed by atoms with E-state index in [0.717, 1.165) is 28.5 Å². The summed E-state index contributed by atoms with van der Waals surface area (Å²) in [5.41, 5.74) is 4.23. The number of hydrogen-bond acceptors (Lipinski definition) is 4. The van der Waals surface area contributed by atoms with Crippen molar-refractivity contribution in [2.75, 3.05) is 10.6 Å². The highest BCUT2D eigenvalue weighted by Gasteiger charge is 2.37. The Bertz CT molecular complexity index is 1180. The van der Waals surface area contributed by atoms with Crippen LogP contribution in [0.2, 0.25) is 26.2 Å². The first-order chi connectivity index (χ1) is 16.3. The van der Waals surface area contributed by atoms with Crippen LogP contribution < -0.4 is 20.2 Å². The van der Waals surface area contributed by atoms with Gasteiger partial charge in [-0.05, 0) is 92.0 Å². The van der Waals surface area contributed by atoms with Crippen LogP contribution >= 0.6 is 0 Å². The van der Waals surface area contributed by atoms with Crippen molar-refractivity contribution in [2.45, 2.75) is 26.2 Å². The third-order valence-electron chi connectivity index (χ3n) is 5.42. The van der Waals surface area contributed by atoms with E-state index in [2.05, 4.69) is 73.2 Å². The molecule has 4 rings (SSSR count). The van der Waals surface area contributed by atoms with Crippen LogP contribution in [0.5, 0.6) is 5.75 Å². The van der Waals surface area contributed by atoms with Gasteiger partial charge in [0, 0.05) is 22.7 Å². The molecule has 0 unspecified atom stereocenters. The number of nitrogens with one attached hydrogen (secondary N) is 2. The molecule has 2 N–H and O–H groups in total. The molecule has 0 aromatic heterocycles. The van der Waals surface area contributed by atoms with Crippen molar-refractivity contribution in [2.24, 2.45) is 0 Å². The van der Waals surface area contributed by atoms with Gasteiger partial charge in [0.25, 0.3) is 0 Å². The summed E-state index contributed by atoms with van der Waals surface area (Å²) in [6, 6.07) is 37.0. The van der Waals surface area contributed by atoms with Crippen molar-refractivity contribution in [3.05, 3.63) is 109 Å². The molecule has 4 aromatic rings. The number of benzene rings is 4. The number of anilines is 4. The lowest BCUT2D eigenvalue weighted by Gasteiger charge is -2.34. The minimum Gasteiger partial charge on any atom is -0.521 e. The van der Waals surface area contributed by atoms with Gasteiger partial charge in [-0.1, -0.05) is 48.5 Å². The van der Waals surface area contributed by atoms with Gasteiger partial charge in [-0.2, -0.15) is 0 Å². The third kappa shape index (κ3) is 6.60. The smallest absolute Gasteiger partial charge is 0.382 e. The number of para-hydroxylation sites is 2. The summed E-state index contributed by atoms with van der Waals surface area (Å²) >= 11 is 0. The maximum Gasteiger partial charge on any atom is 0.382 e. The lowest BCUT2D eigenvalue weighted by atomic mass is 10.2. The molecule has 0 atom stereocenters. The molecule has 4 aromatic carbocycles. The Labute approximate surface area is 205 Å². The zero-order chi connectivity index (χ0) is 24.0. The molecule has 34 heavy (non-hydrogen) atoms. The van der Waals surface area contributed by atoms with E-state index in [0.29, 0.717) is 0 Å². The molecule has 0 fully saturated rings. The number of rotatable bonds is 9. The fraction of sp³-hybridized carbons (Fsp3) is 0.143. The maximum absolute atomic E-state index is 6.72. The summed E-state index contributed by atoms with van der Waals surface area (Å²) in [5, 5.41) is 8.08. The second-order valence-corrected chi connectivity index (χ2v) is 16.6. The lowest BCUT2D eigenvalue weighted by molar-refractivity contribution is 0.400. The van der Waals surface area contributed by atoms with Gasteiger partial charge in [-0.15, -0.1) is 0 Å². The summed E-state index contributed by atoms with van der Waals surface area (Å²) in [6.45, 7) is 8.70. The van der Waals surface area contributed by atoms with Gasteiger partial charge >= 0.3 is 8.56 Å². The summed E-state index contributed by atoms with van der Waals surface area (Å²) in [4.78, 5) is 0. The van der Waals surface area contributed by atoms with Gasteiger partial charge in [0.15, 0.2) is 0 Å². The average Bonchev–Trinajstić information content (AvgIpc) is 2.81. The van der Waals surface area contributed by atoms with Crippen LogP contribution in [0.15, 0.2) is 109 Å². The molecule has 0 amide bonds. The van der Waals surface area contributed by atoms with Gasteiger partial charge in [0.1, 0.15) is 5.75 Å². The van der Waals surface area contributed by atoms with Gasteiger partial charge in [0.05, 0.1) is 0 Å². The van der Waals surface area contributed by atoms with Gasteiger partial charge in [-0.3, -0.25) is 0 Å². The quantitative estimate of drug-likeness (QED) is 0.243. The van der Waals surface area contributed by atoms with Gasteiger partial charge in [0.2, 0.25) is 8.32 Å². The molecule has 0 bridgehead atoms. The molecule has 0 aliphatic heterocycles. The average molecular weight is 485 g/mol. The Morgan fingerprint density at radius 2 is 0.912 bits per heavy atom. The predicted molar refractivity (Wildman–Crippen MR) is 149 cm³/mol. The van der Waals surface area contributed by atoms with E-state index in [9.17, 15) is 0 Å². The van der Waals surface area contributed by atoms with Crippen LogP contribution in [-0.4, -0.2) is 16.9 Å². The van der Waals surface area contributed by atoms with Crippen molar-refractivity contribution in [1.82, 2.24) is 0 Å². The van der Waals surface area contributed by atoms with Crippen LogP contribution in [0.1, 0.15) is 0 Å². The van der Waals surface area contributed by atoms with E-state index in [1.807, 2.05) is 72.8 Å². The SMILES string of the molecule is C[Si](C)(Oc1ccc(Nc2ccccc2)cc1)O[Si](C)(C)c1ccc(Nc2ccccc2)cc1. The van der Waals surface area contributed by atoms with Crippen LogP contribution in [-0.2, 0) is 4.12 Å².